The molecule has 147 valence electrons. The van der Waals surface area contributed by atoms with Crippen molar-refractivity contribution >= 4 is 11.9 Å². The van der Waals surface area contributed by atoms with Gasteiger partial charge in [-0.25, -0.2) is 0 Å². The first-order valence-corrected chi connectivity index (χ1v) is 9.97. The Bertz CT molecular complexity index is 727. The van der Waals surface area contributed by atoms with Crippen molar-refractivity contribution < 1.29 is 19.1 Å². The van der Waals surface area contributed by atoms with E-state index in [1.807, 2.05) is 60.7 Å². The van der Waals surface area contributed by atoms with E-state index in [0.717, 1.165) is 29.9 Å². The van der Waals surface area contributed by atoms with Crippen molar-refractivity contribution in [3.8, 4) is 0 Å². The van der Waals surface area contributed by atoms with Crippen molar-refractivity contribution in [1.82, 2.24) is 0 Å². The minimum absolute atomic E-state index is 0.235. The molecule has 1 unspecified atom stereocenters. The topological polar surface area (TPSA) is 52.6 Å². The predicted molar refractivity (Wildman–Crippen MR) is 107 cm³/mol. The van der Waals surface area contributed by atoms with Gasteiger partial charge < -0.3 is 9.47 Å². The van der Waals surface area contributed by atoms with Crippen LogP contribution in [0.3, 0.4) is 0 Å². The molecule has 1 atom stereocenters. The zero-order valence-corrected chi connectivity index (χ0v) is 16.5. The van der Waals surface area contributed by atoms with E-state index in [-0.39, 0.29) is 19.1 Å². The Balaban J connectivity index is 2.13. The lowest BCUT2D eigenvalue weighted by atomic mass is 9.67. The van der Waals surface area contributed by atoms with Gasteiger partial charge in [-0.3, -0.25) is 9.59 Å². The predicted octanol–water partition coefficient (Wildman–Crippen LogP) is 4.57. The summed E-state index contributed by atoms with van der Waals surface area (Å²) in [6.07, 6.45) is 1.95. The molecule has 1 aliphatic carbocycles. The van der Waals surface area contributed by atoms with E-state index in [2.05, 4.69) is 0 Å². The molecule has 0 aromatic heterocycles. The van der Waals surface area contributed by atoms with Crippen LogP contribution in [-0.4, -0.2) is 25.2 Å². The lowest BCUT2D eigenvalue weighted by Gasteiger charge is -2.36. The van der Waals surface area contributed by atoms with Crippen LogP contribution in [0.1, 0.15) is 44.2 Å². The molecule has 0 heterocycles. The lowest BCUT2D eigenvalue weighted by molar-refractivity contribution is -0.174. The number of rotatable bonds is 7. The summed E-state index contributed by atoms with van der Waals surface area (Å²) < 4.78 is 10.8. The van der Waals surface area contributed by atoms with Crippen LogP contribution in [0.15, 0.2) is 60.7 Å². The molecule has 1 aliphatic rings. The maximum Gasteiger partial charge on any atom is 0.323 e. The van der Waals surface area contributed by atoms with Gasteiger partial charge in [-0.15, -0.1) is 0 Å². The van der Waals surface area contributed by atoms with Gasteiger partial charge in [-0.1, -0.05) is 67.1 Å². The molecule has 0 N–H and O–H groups in total. The summed E-state index contributed by atoms with van der Waals surface area (Å²) in [5.74, 6) is -0.240. The average molecular weight is 379 g/mol. The molecule has 3 rings (SSSR count). The molecule has 4 nitrogen and oxygen atoms in total. The SMILES string of the molecule is CCOC(=O)C1(C(=O)OCC)CCCC1[C](c1ccccc1)c1ccccc1. The summed E-state index contributed by atoms with van der Waals surface area (Å²) in [5, 5.41) is 0. The first kappa shape index (κ1) is 20.1. The molecular formula is C24H27O4. The third-order valence-corrected chi connectivity index (χ3v) is 5.46. The van der Waals surface area contributed by atoms with Crippen LogP contribution in [0, 0.1) is 17.3 Å². The molecule has 4 heteroatoms. The molecule has 28 heavy (non-hydrogen) atoms. The number of esters is 2. The second kappa shape index (κ2) is 9.05. The van der Waals surface area contributed by atoms with Crippen LogP contribution >= 0.6 is 0 Å². The van der Waals surface area contributed by atoms with Gasteiger partial charge in [-0.05, 0) is 37.8 Å². The fourth-order valence-corrected chi connectivity index (χ4v) is 4.29. The van der Waals surface area contributed by atoms with E-state index in [1.54, 1.807) is 13.8 Å². The fourth-order valence-electron chi connectivity index (χ4n) is 4.29. The molecule has 0 spiro atoms. The highest BCUT2D eigenvalue weighted by Gasteiger charge is 2.60. The standard InChI is InChI=1S/C24H27O4/c1-3-27-22(25)24(23(26)28-4-2)17-11-16-20(24)21(18-12-7-5-8-13-18)19-14-9-6-10-15-19/h5-10,12-15,20H,3-4,11,16-17H2,1-2H3. The Morgan fingerprint density at radius 3 is 1.75 bits per heavy atom. The Hall–Kier alpha value is -2.62. The molecule has 0 amide bonds. The summed E-state index contributed by atoms with van der Waals surface area (Å²) in [6.45, 7) is 4.00. The first-order chi connectivity index (χ1) is 13.6. The molecule has 1 saturated carbocycles. The molecular weight excluding hydrogens is 352 g/mol. The zero-order chi connectivity index (χ0) is 20.0. The van der Waals surface area contributed by atoms with Gasteiger partial charge in [0.2, 0.25) is 0 Å². The second-order valence-corrected chi connectivity index (χ2v) is 7.00. The van der Waals surface area contributed by atoms with E-state index in [4.69, 9.17) is 9.47 Å². The monoisotopic (exact) mass is 379 g/mol. The Labute approximate surface area is 166 Å². The molecule has 0 bridgehead atoms. The van der Waals surface area contributed by atoms with Gasteiger partial charge in [0.15, 0.2) is 5.41 Å². The normalized spacial score (nSPS) is 18.0. The number of benzene rings is 2. The molecule has 0 saturated heterocycles. The third kappa shape index (κ3) is 3.68. The van der Waals surface area contributed by atoms with Gasteiger partial charge in [0.05, 0.1) is 13.2 Å². The maximum absolute atomic E-state index is 13.1. The molecule has 2 aromatic rings. The average Bonchev–Trinajstić information content (AvgIpc) is 3.16. The highest BCUT2D eigenvalue weighted by atomic mass is 16.6. The fraction of sp³-hybridized carbons (Fsp3) is 0.375. The third-order valence-electron chi connectivity index (χ3n) is 5.46. The number of carbonyl (C=O) groups is 2. The van der Waals surface area contributed by atoms with Crippen molar-refractivity contribution in [2.24, 2.45) is 11.3 Å². The van der Waals surface area contributed by atoms with Crippen molar-refractivity contribution in [3.63, 3.8) is 0 Å². The lowest BCUT2D eigenvalue weighted by Crippen LogP contribution is -2.47. The van der Waals surface area contributed by atoms with E-state index >= 15 is 0 Å². The summed E-state index contributed by atoms with van der Waals surface area (Å²) in [4.78, 5) is 26.2. The minimum atomic E-state index is -1.30. The number of ether oxygens (including phenoxy) is 2. The largest absolute Gasteiger partial charge is 0.465 e. The summed E-state index contributed by atoms with van der Waals surface area (Å²) in [6, 6.07) is 19.9. The zero-order valence-electron chi connectivity index (χ0n) is 16.5. The van der Waals surface area contributed by atoms with Gasteiger partial charge >= 0.3 is 11.9 Å². The molecule has 1 fully saturated rings. The van der Waals surface area contributed by atoms with E-state index in [0.29, 0.717) is 6.42 Å². The molecule has 2 aromatic carbocycles. The quantitative estimate of drug-likeness (QED) is 0.522. The van der Waals surface area contributed by atoms with Crippen molar-refractivity contribution in [2.75, 3.05) is 13.2 Å². The van der Waals surface area contributed by atoms with Gasteiger partial charge in [-0.2, -0.15) is 0 Å². The maximum atomic E-state index is 13.1. The van der Waals surface area contributed by atoms with E-state index in [1.165, 1.54) is 0 Å². The van der Waals surface area contributed by atoms with Crippen LogP contribution in [-0.2, 0) is 19.1 Å². The van der Waals surface area contributed by atoms with E-state index in [9.17, 15) is 9.59 Å². The van der Waals surface area contributed by atoms with Crippen molar-refractivity contribution in [2.45, 2.75) is 33.1 Å². The Morgan fingerprint density at radius 2 is 1.32 bits per heavy atom. The molecule has 1 radical (unpaired) electrons. The number of carbonyl (C=O) groups excluding carboxylic acids is 2. The first-order valence-electron chi connectivity index (χ1n) is 9.97. The van der Waals surface area contributed by atoms with Crippen LogP contribution in [0.25, 0.3) is 0 Å². The van der Waals surface area contributed by atoms with Crippen LogP contribution in [0.4, 0.5) is 0 Å². The minimum Gasteiger partial charge on any atom is -0.465 e. The number of hydrogen-bond acceptors (Lipinski definition) is 4. The summed E-state index contributed by atoms with van der Waals surface area (Å²) in [5.41, 5.74) is 0.727. The number of hydrogen-bond donors (Lipinski definition) is 0. The van der Waals surface area contributed by atoms with Crippen LogP contribution < -0.4 is 0 Å². The van der Waals surface area contributed by atoms with E-state index < -0.39 is 17.4 Å². The Kier molecular flexibility index (Phi) is 6.50. The van der Waals surface area contributed by atoms with Crippen LogP contribution in [0.2, 0.25) is 0 Å². The highest BCUT2D eigenvalue weighted by molar-refractivity contribution is 6.01. The van der Waals surface area contributed by atoms with Crippen LogP contribution in [0.5, 0.6) is 0 Å². The smallest absolute Gasteiger partial charge is 0.323 e. The van der Waals surface area contributed by atoms with Gasteiger partial charge in [0.1, 0.15) is 0 Å². The molecule has 0 aliphatic heterocycles. The van der Waals surface area contributed by atoms with Gasteiger partial charge in [0, 0.05) is 11.8 Å². The summed E-state index contributed by atoms with van der Waals surface area (Å²) in [7, 11) is 0. The Morgan fingerprint density at radius 1 is 0.857 bits per heavy atom. The highest BCUT2D eigenvalue weighted by Crippen LogP contribution is 2.53. The summed E-state index contributed by atoms with van der Waals surface area (Å²) >= 11 is 0. The van der Waals surface area contributed by atoms with Crippen molar-refractivity contribution in [3.05, 3.63) is 77.7 Å². The van der Waals surface area contributed by atoms with Crippen molar-refractivity contribution in [1.29, 1.82) is 0 Å². The van der Waals surface area contributed by atoms with Gasteiger partial charge in [0.25, 0.3) is 0 Å². The second-order valence-electron chi connectivity index (χ2n) is 7.00.